The summed E-state index contributed by atoms with van der Waals surface area (Å²) < 4.78 is 5.30. The van der Waals surface area contributed by atoms with Gasteiger partial charge in [-0.3, -0.25) is 19.6 Å². The van der Waals surface area contributed by atoms with Crippen LogP contribution < -0.4 is 10.3 Å². The van der Waals surface area contributed by atoms with Crippen molar-refractivity contribution in [3.05, 3.63) is 69.8 Å². The standard InChI is InChI=1S/C22H26N4O2/c1-16-4-3-7-23-21(16)15-26-10-8-25(9-11-26)14-18-12-17-13-19(28-2)5-6-20(17)24-22(18)27/h3-7,12-13H,8-11,14-15H2,1-2H3,(H,24,27). The lowest BCUT2D eigenvalue weighted by Crippen LogP contribution is -2.46. The van der Waals surface area contributed by atoms with Crippen LogP contribution in [0.25, 0.3) is 10.9 Å². The molecule has 2 aromatic heterocycles. The van der Waals surface area contributed by atoms with Crippen molar-refractivity contribution in [1.82, 2.24) is 19.8 Å². The molecule has 1 aliphatic rings. The van der Waals surface area contributed by atoms with Crippen molar-refractivity contribution in [2.45, 2.75) is 20.0 Å². The first kappa shape index (κ1) is 18.7. The molecule has 0 aliphatic carbocycles. The minimum Gasteiger partial charge on any atom is -0.497 e. The molecule has 0 radical (unpaired) electrons. The van der Waals surface area contributed by atoms with E-state index in [1.165, 1.54) is 5.56 Å². The van der Waals surface area contributed by atoms with Gasteiger partial charge in [0.05, 0.1) is 12.8 Å². The summed E-state index contributed by atoms with van der Waals surface area (Å²) in [6.45, 7) is 7.52. The molecule has 3 heterocycles. The minimum atomic E-state index is -0.00999. The molecule has 0 unspecified atom stereocenters. The van der Waals surface area contributed by atoms with Crippen molar-refractivity contribution in [3.63, 3.8) is 0 Å². The van der Waals surface area contributed by atoms with Gasteiger partial charge in [0.25, 0.3) is 5.56 Å². The Hall–Kier alpha value is -2.70. The lowest BCUT2D eigenvalue weighted by atomic mass is 10.1. The monoisotopic (exact) mass is 378 g/mol. The number of piperazine rings is 1. The van der Waals surface area contributed by atoms with E-state index in [2.05, 4.69) is 32.8 Å². The molecule has 0 amide bonds. The number of benzene rings is 1. The molecule has 0 saturated carbocycles. The second kappa shape index (κ2) is 8.12. The molecular weight excluding hydrogens is 352 g/mol. The number of hydrogen-bond acceptors (Lipinski definition) is 5. The Morgan fingerprint density at radius 2 is 1.82 bits per heavy atom. The molecule has 1 aromatic carbocycles. The average Bonchev–Trinajstić information content (AvgIpc) is 2.71. The van der Waals surface area contributed by atoms with Gasteiger partial charge in [-0.05, 0) is 42.8 Å². The van der Waals surface area contributed by atoms with E-state index in [-0.39, 0.29) is 5.56 Å². The third kappa shape index (κ3) is 4.08. The zero-order chi connectivity index (χ0) is 19.5. The Morgan fingerprint density at radius 1 is 1.07 bits per heavy atom. The van der Waals surface area contributed by atoms with E-state index in [1.807, 2.05) is 36.5 Å². The highest BCUT2D eigenvalue weighted by Crippen LogP contribution is 2.19. The molecule has 1 aliphatic heterocycles. The number of nitrogens with one attached hydrogen (secondary N) is 1. The lowest BCUT2D eigenvalue weighted by Gasteiger charge is -2.34. The first-order chi connectivity index (χ1) is 13.6. The Balaban J connectivity index is 1.41. The van der Waals surface area contributed by atoms with Crippen LogP contribution in [0.3, 0.4) is 0 Å². The van der Waals surface area contributed by atoms with Crippen LogP contribution in [0.5, 0.6) is 5.75 Å². The maximum absolute atomic E-state index is 12.5. The van der Waals surface area contributed by atoms with E-state index in [4.69, 9.17) is 4.74 Å². The molecule has 4 rings (SSSR count). The number of aromatic nitrogens is 2. The quantitative estimate of drug-likeness (QED) is 0.739. The van der Waals surface area contributed by atoms with Gasteiger partial charge < -0.3 is 9.72 Å². The van der Waals surface area contributed by atoms with Crippen LogP contribution >= 0.6 is 0 Å². The summed E-state index contributed by atoms with van der Waals surface area (Å²) in [6.07, 6.45) is 1.86. The summed E-state index contributed by atoms with van der Waals surface area (Å²) in [7, 11) is 1.65. The Morgan fingerprint density at radius 3 is 2.54 bits per heavy atom. The third-order valence-electron chi connectivity index (χ3n) is 5.48. The summed E-state index contributed by atoms with van der Waals surface area (Å²) in [6, 6.07) is 11.8. The number of ether oxygens (including phenoxy) is 1. The highest BCUT2D eigenvalue weighted by Gasteiger charge is 2.19. The van der Waals surface area contributed by atoms with Crippen LogP contribution in [0, 0.1) is 6.92 Å². The third-order valence-corrected chi connectivity index (χ3v) is 5.48. The van der Waals surface area contributed by atoms with Gasteiger partial charge in [0.2, 0.25) is 0 Å². The fourth-order valence-electron chi connectivity index (χ4n) is 3.72. The molecule has 146 valence electrons. The second-order valence-electron chi connectivity index (χ2n) is 7.40. The predicted molar refractivity (Wildman–Crippen MR) is 111 cm³/mol. The summed E-state index contributed by atoms with van der Waals surface area (Å²) in [5, 5.41) is 0.998. The largest absolute Gasteiger partial charge is 0.497 e. The topological polar surface area (TPSA) is 61.5 Å². The van der Waals surface area contributed by atoms with Crippen LogP contribution in [0.4, 0.5) is 0 Å². The lowest BCUT2D eigenvalue weighted by molar-refractivity contribution is 0.120. The van der Waals surface area contributed by atoms with Crippen molar-refractivity contribution in [3.8, 4) is 5.75 Å². The van der Waals surface area contributed by atoms with Gasteiger partial charge in [0.1, 0.15) is 5.75 Å². The van der Waals surface area contributed by atoms with Gasteiger partial charge in [-0.15, -0.1) is 0 Å². The van der Waals surface area contributed by atoms with Crippen LogP contribution in [0.2, 0.25) is 0 Å². The van der Waals surface area contributed by atoms with Crippen molar-refractivity contribution in [1.29, 1.82) is 0 Å². The zero-order valence-corrected chi connectivity index (χ0v) is 16.4. The Kier molecular flexibility index (Phi) is 5.41. The van der Waals surface area contributed by atoms with Crippen LogP contribution in [0.1, 0.15) is 16.8 Å². The minimum absolute atomic E-state index is 0.00999. The average molecular weight is 378 g/mol. The molecule has 28 heavy (non-hydrogen) atoms. The molecule has 0 bridgehead atoms. The normalized spacial score (nSPS) is 15.8. The fourth-order valence-corrected chi connectivity index (χ4v) is 3.72. The molecule has 6 nitrogen and oxygen atoms in total. The number of fused-ring (bicyclic) bond motifs is 1. The number of methoxy groups -OCH3 is 1. The van der Waals surface area contributed by atoms with E-state index in [0.717, 1.165) is 60.6 Å². The molecular formula is C22H26N4O2. The van der Waals surface area contributed by atoms with E-state index in [0.29, 0.717) is 6.54 Å². The van der Waals surface area contributed by atoms with Crippen molar-refractivity contribution < 1.29 is 4.74 Å². The zero-order valence-electron chi connectivity index (χ0n) is 16.4. The summed E-state index contributed by atoms with van der Waals surface area (Å²) in [5.74, 6) is 0.795. The van der Waals surface area contributed by atoms with Crippen molar-refractivity contribution in [2.24, 2.45) is 0 Å². The van der Waals surface area contributed by atoms with E-state index < -0.39 is 0 Å². The highest BCUT2D eigenvalue weighted by atomic mass is 16.5. The number of aromatic amines is 1. The highest BCUT2D eigenvalue weighted by molar-refractivity contribution is 5.80. The number of hydrogen-bond donors (Lipinski definition) is 1. The van der Waals surface area contributed by atoms with E-state index in [1.54, 1.807) is 7.11 Å². The number of nitrogens with zero attached hydrogens (tertiary/aromatic N) is 3. The first-order valence-corrected chi connectivity index (χ1v) is 9.67. The molecule has 0 spiro atoms. The summed E-state index contributed by atoms with van der Waals surface area (Å²) >= 11 is 0. The number of H-pyrrole nitrogens is 1. The molecule has 1 N–H and O–H groups in total. The van der Waals surface area contributed by atoms with Crippen LogP contribution in [-0.4, -0.2) is 53.1 Å². The summed E-state index contributed by atoms with van der Waals surface area (Å²) in [5.41, 5.74) is 4.02. The number of pyridine rings is 2. The Bertz CT molecular complexity index is 1020. The molecule has 1 fully saturated rings. The smallest absolute Gasteiger partial charge is 0.252 e. The first-order valence-electron chi connectivity index (χ1n) is 9.67. The van der Waals surface area contributed by atoms with Gasteiger partial charge in [0.15, 0.2) is 0 Å². The van der Waals surface area contributed by atoms with Gasteiger partial charge in [-0.25, -0.2) is 0 Å². The maximum Gasteiger partial charge on any atom is 0.252 e. The van der Waals surface area contributed by atoms with E-state index >= 15 is 0 Å². The molecule has 1 saturated heterocycles. The maximum atomic E-state index is 12.5. The van der Waals surface area contributed by atoms with Crippen LogP contribution in [-0.2, 0) is 13.1 Å². The fraction of sp³-hybridized carbons (Fsp3) is 0.364. The molecule has 3 aromatic rings. The van der Waals surface area contributed by atoms with Crippen LogP contribution in [0.15, 0.2) is 47.4 Å². The predicted octanol–water partition coefficient (Wildman–Crippen LogP) is 2.56. The molecule has 0 atom stereocenters. The SMILES string of the molecule is COc1ccc2[nH]c(=O)c(CN3CCN(Cc4ncccc4C)CC3)cc2c1. The Labute approximate surface area is 164 Å². The van der Waals surface area contributed by atoms with Crippen molar-refractivity contribution >= 4 is 10.9 Å². The summed E-state index contributed by atoms with van der Waals surface area (Å²) in [4.78, 5) is 24.7. The second-order valence-corrected chi connectivity index (χ2v) is 7.40. The number of rotatable bonds is 5. The van der Waals surface area contributed by atoms with Gasteiger partial charge in [0, 0.05) is 61.9 Å². The van der Waals surface area contributed by atoms with Crippen molar-refractivity contribution in [2.75, 3.05) is 33.3 Å². The van der Waals surface area contributed by atoms with Gasteiger partial charge in [-0.1, -0.05) is 6.07 Å². The molecule has 6 heteroatoms. The van der Waals surface area contributed by atoms with Gasteiger partial charge in [-0.2, -0.15) is 0 Å². The number of aryl methyl sites for hydroxylation is 1. The van der Waals surface area contributed by atoms with E-state index in [9.17, 15) is 4.79 Å². The van der Waals surface area contributed by atoms with Gasteiger partial charge >= 0.3 is 0 Å².